The monoisotopic (exact) mass is 253 g/mol. The van der Waals surface area contributed by atoms with E-state index in [1.165, 1.54) is 0 Å². The molecule has 18 heavy (non-hydrogen) atoms. The summed E-state index contributed by atoms with van der Waals surface area (Å²) in [5, 5.41) is 7.46. The van der Waals surface area contributed by atoms with Crippen molar-refractivity contribution in [2.45, 2.75) is 51.6 Å². The molecule has 1 aromatic heterocycles. The average molecular weight is 253 g/mol. The molecule has 1 atom stereocenters. The van der Waals surface area contributed by atoms with Gasteiger partial charge in [0.25, 0.3) is 0 Å². The van der Waals surface area contributed by atoms with Gasteiger partial charge in [0.2, 0.25) is 11.7 Å². The van der Waals surface area contributed by atoms with E-state index in [0.29, 0.717) is 18.3 Å². The van der Waals surface area contributed by atoms with E-state index in [1.54, 1.807) is 0 Å². The summed E-state index contributed by atoms with van der Waals surface area (Å²) in [4.78, 5) is 4.56. The van der Waals surface area contributed by atoms with Crippen LogP contribution in [0, 0.1) is 0 Å². The van der Waals surface area contributed by atoms with Gasteiger partial charge in [0.15, 0.2) is 0 Å². The number of aromatic nitrogens is 2. The van der Waals surface area contributed by atoms with E-state index >= 15 is 0 Å². The van der Waals surface area contributed by atoms with Crippen LogP contribution >= 0.6 is 0 Å². The fraction of sp³-hybridized carbons (Fsp3) is 0.846. The third kappa shape index (κ3) is 2.72. The van der Waals surface area contributed by atoms with Gasteiger partial charge < -0.3 is 14.6 Å². The summed E-state index contributed by atoms with van der Waals surface area (Å²) in [7, 11) is 0. The molecule has 1 aliphatic rings. The number of nitrogens with one attached hydrogen (secondary N) is 1. The van der Waals surface area contributed by atoms with Crippen LogP contribution in [-0.2, 0) is 10.3 Å². The number of rotatable bonds is 5. The molecule has 102 valence electrons. The highest BCUT2D eigenvalue weighted by atomic mass is 16.5. The van der Waals surface area contributed by atoms with Crippen molar-refractivity contribution >= 4 is 0 Å². The van der Waals surface area contributed by atoms with Crippen LogP contribution in [0.5, 0.6) is 0 Å². The fourth-order valence-electron chi connectivity index (χ4n) is 2.33. The molecule has 1 saturated heterocycles. The summed E-state index contributed by atoms with van der Waals surface area (Å²) in [5.41, 5.74) is -0.427. The van der Waals surface area contributed by atoms with E-state index in [4.69, 9.17) is 9.26 Å². The van der Waals surface area contributed by atoms with Crippen LogP contribution < -0.4 is 5.32 Å². The zero-order chi connectivity index (χ0) is 13.0. The van der Waals surface area contributed by atoms with E-state index in [2.05, 4.69) is 22.4 Å². The van der Waals surface area contributed by atoms with Gasteiger partial charge >= 0.3 is 0 Å². The number of hydrogen-bond donors (Lipinski definition) is 1. The largest absolute Gasteiger partial charge is 0.367 e. The first-order valence-corrected chi connectivity index (χ1v) is 6.88. The predicted octanol–water partition coefficient (Wildman–Crippen LogP) is 2.20. The molecule has 1 aliphatic heterocycles. The Kier molecular flexibility index (Phi) is 4.35. The van der Waals surface area contributed by atoms with Crippen LogP contribution in [0.1, 0.15) is 57.7 Å². The summed E-state index contributed by atoms with van der Waals surface area (Å²) < 4.78 is 11.2. The summed E-state index contributed by atoms with van der Waals surface area (Å²) in [6.45, 7) is 8.80. The minimum atomic E-state index is -0.427. The molecule has 5 heteroatoms. The first kappa shape index (κ1) is 13.5. The summed E-state index contributed by atoms with van der Waals surface area (Å²) in [5.74, 6) is 1.85. The van der Waals surface area contributed by atoms with Gasteiger partial charge in [-0.25, -0.2) is 0 Å². The molecule has 0 amide bonds. The number of ether oxygens (including phenoxy) is 1. The number of nitrogens with zero attached hydrogens (tertiary/aromatic N) is 2. The van der Waals surface area contributed by atoms with Crippen molar-refractivity contribution in [1.82, 2.24) is 15.5 Å². The SMILES string of the molecule is CCOC(C)(CC)c1noc(C2CCNCC2)n1. The molecule has 1 aromatic rings. The standard InChI is InChI=1S/C13H23N3O2/c1-4-13(3,17-5-2)12-15-11(18-16-12)10-6-8-14-9-7-10/h10,14H,4-9H2,1-3H3. The molecule has 2 rings (SSSR count). The van der Waals surface area contributed by atoms with Crippen molar-refractivity contribution in [1.29, 1.82) is 0 Å². The van der Waals surface area contributed by atoms with Gasteiger partial charge in [0.05, 0.1) is 0 Å². The van der Waals surface area contributed by atoms with Crippen LogP contribution in [-0.4, -0.2) is 29.8 Å². The van der Waals surface area contributed by atoms with Crippen molar-refractivity contribution in [2.24, 2.45) is 0 Å². The third-order valence-corrected chi connectivity index (χ3v) is 3.74. The maximum absolute atomic E-state index is 5.77. The normalized spacial score (nSPS) is 20.8. The number of hydrogen-bond acceptors (Lipinski definition) is 5. The highest BCUT2D eigenvalue weighted by Gasteiger charge is 2.32. The second kappa shape index (κ2) is 5.80. The molecule has 0 saturated carbocycles. The van der Waals surface area contributed by atoms with E-state index in [-0.39, 0.29) is 0 Å². The second-order valence-corrected chi connectivity index (χ2v) is 5.00. The minimum Gasteiger partial charge on any atom is -0.367 e. The summed E-state index contributed by atoms with van der Waals surface area (Å²) in [6, 6.07) is 0. The third-order valence-electron chi connectivity index (χ3n) is 3.74. The maximum atomic E-state index is 5.77. The van der Waals surface area contributed by atoms with E-state index < -0.39 is 5.60 Å². The Morgan fingerprint density at radius 1 is 1.39 bits per heavy atom. The van der Waals surface area contributed by atoms with Crippen molar-refractivity contribution in [3.05, 3.63) is 11.7 Å². The topological polar surface area (TPSA) is 60.2 Å². The van der Waals surface area contributed by atoms with Crippen LogP contribution in [0.25, 0.3) is 0 Å². The van der Waals surface area contributed by atoms with Gasteiger partial charge in [-0.1, -0.05) is 12.1 Å². The lowest BCUT2D eigenvalue weighted by molar-refractivity contribution is -0.0403. The summed E-state index contributed by atoms with van der Waals surface area (Å²) in [6.07, 6.45) is 2.98. The lowest BCUT2D eigenvalue weighted by atomic mass is 9.98. The van der Waals surface area contributed by atoms with Gasteiger partial charge in [-0.15, -0.1) is 0 Å². The predicted molar refractivity (Wildman–Crippen MR) is 68.4 cm³/mol. The molecule has 0 aromatic carbocycles. The van der Waals surface area contributed by atoms with E-state index in [1.807, 2.05) is 13.8 Å². The quantitative estimate of drug-likeness (QED) is 0.871. The second-order valence-electron chi connectivity index (χ2n) is 5.00. The van der Waals surface area contributed by atoms with Crippen LogP contribution in [0.3, 0.4) is 0 Å². The Labute approximate surface area is 108 Å². The minimum absolute atomic E-state index is 0.398. The number of piperidine rings is 1. The molecule has 0 bridgehead atoms. The lowest BCUT2D eigenvalue weighted by Gasteiger charge is -2.24. The van der Waals surface area contributed by atoms with Crippen molar-refractivity contribution in [3.63, 3.8) is 0 Å². The van der Waals surface area contributed by atoms with Crippen LogP contribution in [0.15, 0.2) is 4.52 Å². The average Bonchev–Trinajstić information content (AvgIpc) is 2.90. The highest BCUT2D eigenvalue weighted by Crippen LogP contribution is 2.29. The van der Waals surface area contributed by atoms with Crippen molar-refractivity contribution < 1.29 is 9.26 Å². The Morgan fingerprint density at radius 2 is 2.11 bits per heavy atom. The Hall–Kier alpha value is -0.940. The molecule has 2 heterocycles. The zero-order valence-corrected chi connectivity index (χ0v) is 11.5. The highest BCUT2D eigenvalue weighted by molar-refractivity contribution is 5.03. The zero-order valence-electron chi connectivity index (χ0n) is 11.5. The molecule has 1 unspecified atom stereocenters. The van der Waals surface area contributed by atoms with Gasteiger partial charge in [-0.3, -0.25) is 0 Å². The van der Waals surface area contributed by atoms with Gasteiger partial charge in [-0.05, 0) is 46.2 Å². The molecule has 1 fully saturated rings. The summed E-state index contributed by atoms with van der Waals surface area (Å²) >= 11 is 0. The Morgan fingerprint density at radius 3 is 2.72 bits per heavy atom. The Balaban J connectivity index is 2.13. The molecule has 5 nitrogen and oxygen atoms in total. The maximum Gasteiger partial charge on any atom is 0.229 e. The van der Waals surface area contributed by atoms with Crippen LogP contribution in [0.2, 0.25) is 0 Å². The van der Waals surface area contributed by atoms with Gasteiger partial charge in [0.1, 0.15) is 5.60 Å². The first-order valence-electron chi connectivity index (χ1n) is 6.88. The van der Waals surface area contributed by atoms with Gasteiger partial charge in [-0.2, -0.15) is 4.98 Å². The smallest absolute Gasteiger partial charge is 0.229 e. The van der Waals surface area contributed by atoms with E-state index in [0.717, 1.165) is 38.2 Å². The van der Waals surface area contributed by atoms with E-state index in [9.17, 15) is 0 Å². The Bertz CT molecular complexity index is 374. The fourth-order valence-corrected chi connectivity index (χ4v) is 2.33. The van der Waals surface area contributed by atoms with Crippen molar-refractivity contribution in [3.8, 4) is 0 Å². The molecule has 1 N–H and O–H groups in total. The molecule has 0 radical (unpaired) electrons. The first-order chi connectivity index (χ1) is 8.69. The molecular weight excluding hydrogens is 230 g/mol. The molecule has 0 spiro atoms. The molecular formula is C13H23N3O2. The van der Waals surface area contributed by atoms with Crippen LogP contribution in [0.4, 0.5) is 0 Å². The molecule has 0 aliphatic carbocycles. The van der Waals surface area contributed by atoms with Crippen molar-refractivity contribution in [2.75, 3.05) is 19.7 Å². The van der Waals surface area contributed by atoms with Gasteiger partial charge in [0, 0.05) is 12.5 Å². The lowest BCUT2D eigenvalue weighted by Crippen LogP contribution is -2.28.